The standard InChI is InChI=1S/C13H18FNO4S/c1-4-9(2)12(13(16)19-3)15-20(17,18)11-8-6-5-7-10(11)14/h5-9,12,15H,4H2,1-3H3/t9-,12-/m0/s1. The molecule has 0 unspecified atom stereocenters. The van der Waals surface area contributed by atoms with Crippen molar-refractivity contribution in [3.05, 3.63) is 30.1 Å². The number of carbonyl (C=O) groups excluding carboxylic acids is 1. The van der Waals surface area contributed by atoms with E-state index in [0.717, 1.165) is 12.1 Å². The Morgan fingerprint density at radius 1 is 1.40 bits per heavy atom. The smallest absolute Gasteiger partial charge is 0.324 e. The molecule has 0 aromatic heterocycles. The second kappa shape index (κ2) is 6.81. The zero-order valence-electron chi connectivity index (χ0n) is 11.6. The van der Waals surface area contributed by atoms with E-state index < -0.39 is 32.7 Å². The van der Waals surface area contributed by atoms with Crippen molar-refractivity contribution in [2.75, 3.05) is 7.11 Å². The molecule has 112 valence electrons. The van der Waals surface area contributed by atoms with Gasteiger partial charge < -0.3 is 4.74 Å². The summed E-state index contributed by atoms with van der Waals surface area (Å²) in [6.07, 6.45) is 0.569. The maximum atomic E-state index is 13.6. The molecule has 0 heterocycles. The van der Waals surface area contributed by atoms with Gasteiger partial charge in [0.25, 0.3) is 0 Å². The predicted octanol–water partition coefficient (Wildman–Crippen LogP) is 1.69. The predicted molar refractivity (Wildman–Crippen MR) is 72.0 cm³/mol. The number of carbonyl (C=O) groups is 1. The number of methoxy groups -OCH3 is 1. The van der Waals surface area contributed by atoms with Gasteiger partial charge in [0.15, 0.2) is 0 Å². The average Bonchev–Trinajstić information content (AvgIpc) is 2.43. The number of hydrogen-bond acceptors (Lipinski definition) is 4. The Labute approximate surface area is 118 Å². The minimum Gasteiger partial charge on any atom is -0.468 e. The van der Waals surface area contributed by atoms with Crippen LogP contribution in [0.1, 0.15) is 20.3 Å². The summed E-state index contributed by atoms with van der Waals surface area (Å²) in [5, 5.41) is 0. The van der Waals surface area contributed by atoms with E-state index in [-0.39, 0.29) is 5.92 Å². The molecule has 0 aliphatic carbocycles. The third kappa shape index (κ3) is 3.77. The number of benzene rings is 1. The summed E-state index contributed by atoms with van der Waals surface area (Å²) in [4.78, 5) is 11.2. The summed E-state index contributed by atoms with van der Waals surface area (Å²) < 4.78 is 44.7. The number of ether oxygens (including phenoxy) is 1. The fourth-order valence-electron chi connectivity index (χ4n) is 1.65. The van der Waals surface area contributed by atoms with Gasteiger partial charge in [0.2, 0.25) is 10.0 Å². The fraction of sp³-hybridized carbons (Fsp3) is 0.462. The molecular weight excluding hydrogens is 285 g/mol. The highest BCUT2D eigenvalue weighted by molar-refractivity contribution is 7.89. The van der Waals surface area contributed by atoms with Gasteiger partial charge in [-0.25, -0.2) is 12.8 Å². The van der Waals surface area contributed by atoms with Gasteiger partial charge in [-0.05, 0) is 18.1 Å². The van der Waals surface area contributed by atoms with Crippen LogP contribution in [0.2, 0.25) is 0 Å². The molecule has 1 N–H and O–H groups in total. The first-order valence-corrected chi connectivity index (χ1v) is 7.66. The molecule has 0 fully saturated rings. The third-order valence-corrected chi connectivity index (χ3v) is 4.55. The van der Waals surface area contributed by atoms with Crippen LogP contribution in [0.5, 0.6) is 0 Å². The van der Waals surface area contributed by atoms with Gasteiger partial charge in [0.1, 0.15) is 16.8 Å². The highest BCUT2D eigenvalue weighted by Crippen LogP contribution is 2.17. The van der Waals surface area contributed by atoms with Gasteiger partial charge >= 0.3 is 5.97 Å². The Hall–Kier alpha value is -1.47. The topological polar surface area (TPSA) is 72.5 Å². The lowest BCUT2D eigenvalue weighted by molar-refractivity contribution is -0.143. The first kappa shape index (κ1) is 16.6. The van der Waals surface area contributed by atoms with E-state index >= 15 is 0 Å². The highest BCUT2D eigenvalue weighted by atomic mass is 32.2. The van der Waals surface area contributed by atoms with Crippen LogP contribution in [-0.2, 0) is 19.6 Å². The van der Waals surface area contributed by atoms with E-state index in [1.54, 1.807) is 6.92 Å². The second-order valence-electron chi connectivity index (χ2n) is 4.44. The van der Waals surface area contributed by atoms with E-state index in [1.807, 2.05) is 6.92 Å². The molecule has 7 heteroatoms. The van der Waals surface area contributed by atoms with Crippen LogP contribution >= 0.6 is 0 Å². The van der Waals surface area contributed by atoms with Gasteiger partial charge in [0.05, 0.1) is 7.11 Å². The van der Waals surface area contributed by atoms with Crippen LogP contribution in [0.25, 0.3) is 0 Å². The zero-order valence-corrected chi connectivity index (χ0v) is 12.4. The molecule has 20 heavy (non-hydrogen) atoms. The lowest BCUT2D eigenvalue weighted by Crippen LogP contribution is -2.45. The molecule has 0 aliphatic heterocycles. The van der Waals surface area contributed by atoms with Crippen molar-refractivity contribution in [3.8, 4) is 0 Å². The summed E-state index contributed by atoms with van der Waals surface area (Å²) in [5.74, 6) is -1.84. The molecule has 0 saturated carbocycles. The van der Waals surface area contributed by atoms with Crippen LogP contribution in [-0.4, -0.2) is 27.5 Å². The van der Waals surface area contributed by atoms with E-state index in [2.05, 4.69) is 9.46 Å². The lowest BCUT2D eigenvalue weighted by atomic mass is 10.0. The Balaban J connectivity index is 3.10. The highest BCUT2D eigenvalue weighted by Gasteiger charge is 2.31. The summed E-state index contributed by atoms with van der Waals surface area (Å²) in [5.41, 5.74) is 0. The van der Waals surface area contributed by atoms with Crippen molar-refractivity contribution >= 4 is 16.0 Å². The molecule has 0 bridgehead atoms. The summed E-state index contributed by atoms with van der Waals surface area (Å²) in [6.45, 7) is 3.53. The molecule has 5 nitrogen and oxygen atoms in total. The maximum absolute atomic E-state index is 13.6. The number of rotatable bonds is 6. The molecule has 1 aromatic rings. The van der Waals surface area contributed by atoms with Crippen LogP contribution in [0.15, 0.2) is 29.2 Å². The summed E-state index contributed by atoms with van der Waals surface area (Å²) >= 11 is 0. The van der Waals surface area contributed by atoms with Crippen molar-refractivity contribution in [3.63, 3.8) is 0 Å². The minimum atomic E-state index is -4.13. The van der Waals surface area contributed by atoms with Crippen molar-refractivity contribution in [2.24, 2.45) is 5.92 Å². The number of sulfonamides is 1. The molecule has 0 amide bonds. The summed E-state index contributed by atoms with van der Waals surface area (Å²) in [7, 11) is -2.95. The zero-order chi connectivity index (χ0) is 15.3. The largest absolute Gasteiger partial charge is 0.468 e. The Morgan fingerprint density at radius 3 is 2.50 bits per heavy atom. The Morgan fingerprint density at radius 2 is 2.00 bits per heavy atom. The third-order valence-electron chi connectivity index (χ3n) is 3.08. The SMILES string of the molecule is CC[C@H](C)[C@H](NS(=O)(=O)c1ccccc1F)C(=O)OC. The number of esters is 1. The summed E-state index contributed by atoms with van der Waals surface area (Å²) in [6, 6.07) is 3.94. The first-order valence-electron chi connectivity index (χ1n) is 6.18. The van der Waals surface area contributed by atoms with Gasteiger partial charge in [-0.15, -0.1) is 0 Å². The van der Waals surface area contributed by atoms with Crippen LogP contribution in [0, 0.1) is 11.7 Å². The normalized spacial score (nSPS) is 14.6. The van der Waals surface area contributed by atoms with Crippen molar-refractivity contribution in [1.29, 1.82) is 0 Å². The molecule has 0 radical (unpaired) electrons. The Bertz CT molecular complexity index is 573. The minimum absolute atomic E-state index is 0.274. The van der Waals surface area contributed by atoms with Gasteiger partial charge in [-0.3, -0.25) is 4.79 Å². The monoisotopic (exact) mass is 303 g/mol. The first-order chi connectivity index (χ1) is 9.33. The van der Waals surface area contributed by atoms with Crippen molar-refractivity contribution in [1.82, 2.24) is 4.72 Å². The van der Waals surface area contributed by atoms with Gasteiger partial charge in [-0.1, -0.05) is 32.4 Å². The van der Waals surface area contributed by atoms with E-state index in [1.165, 1.54) is 19.2 Å². The molecule has 1 rings (SSSR count). The van der Waals surface area contributed by atoms with Crippen LogP contribution in [0.4, 0.5) is 4.39 Å². The molecule has 2 atom stereocenters. The molecule has 0 aliphatic rings. The quantitative estimate of drug-likeness (QED) is 0.812. The molecular formula is C13H18FNO4S. The maximum Gasteiger partial charge on any atom is 0.324 e. The van der Waals surface area contributed by atoms with E-state index in [9.17, 15) is 17.6 Å². The Kier molecular flexibility index (Phi) is 5.64. The fourth-order valence-corrected chi connectivity index (χ4v) is 3.02. The lowest BCUT2D eigenvalue weighted by Gasteiger charge is -2.21. The van der Waals surface area contributed by atoms with Gasteiger partial charge in [0, 0.05) is 0 Å². The molecule has 0 saturated heterocycles. The van der Waals surface area contributed by atoms with Crippen molar-refractivity contribution in [2.45, 2.75) is 31.2 Å². The average molecular weight is 303 g/mol. The number of nitrogens with one attached hydrogen (secondary N) is 1. The second-order valence-corrected chi connectivity index (χ2v) is 6.12. The molecule has 0 spiro atoms. The van der Waals surface area contributed by atoms with E-state index in [0.29, 0.717) is 6.42 Å². The van der Waals surface area contributed by atoms with Crippen LogP contribution < -0.4 is 4.72 Å². The number of halogens is 1. The molecule has 1 aromatic carbocycles. The van der Waals surface area contributed by atoms with E-state index in [4.69, 9.17) is 0 Å². The number of hydrogen-bond donors (Lipinski definition) is 1. The van der Waals surface area contributed by atoms with Crippen molar-refractivity contribution < 1.29 is 22.3 Å². The van der Waals surface area contributed by atoms with Gasteiger partial charge in [-0.2, -0.15) is 4.72 Å². The van der Waals surface area contributed by atoms with Crippen LogP contribution in [0.3, 0.4) is 0 Å².